The zero-order valence-corrected chi connectivity index (χ0v) is 22.8. The van der Waals surface area contributed by atoms with Gasteiger partial charge in [-0.05, 0) is 37.5 Å². The van der Waals surface area contributed by atoms with Crippen LogP contribution in [0.15, 0.2) is 28.0 Å². The minimum atomic E-state index is -0.921. The van der Waals surface area contributed by atoms with Gasteiger partial charge in [-0.25, -0.2) is 4.98 Å². The molecule has 2 fully saturated rings. The molecule has 4 heterocycles. The number of nitrogens with one attached hydrogen (secondary N) is 1. The van der Waals surface area contributed by atoms with Crippen LogP contribution >= 0.6 is 24.0 Å². The maximum atomic E-state index is 13.8. The Balaban J connectivity index is 1.87. The Morgan fingerprint density at radius 1 is 1.32 bits per heavy atom. The van der Waals surface area contributed by atoms with Crippen LogP contribution in [0.1, 0.15) is 38.3 Å². The minimum Gasteiger partial charge on any atom is -0.466 e. The fourth-order valence-electron chi connectivity index (χ4n) is 4.29. The Labute approximate surface area is 224 Å². The maximum absolute atomic E-state index is 13.8. The summed E-state index contributed by atoms with van der Waals surface area (Å²) in [6.45, 7) is 8.82. The van der Waals surface area contributed by atoms with Crippen LogP contribution in [-0.2, 0) is 19.1 Å². The van der Waals surface area contributed by atoms with Crippen molar-refractivity contribution in [2.75, 3.05) is 31.1 Å². The second-order valence-electron chi connectivity index (χ2n) is 9.28. The normalized spacial score (nSPS) is 19.3. The molecule has 12 heteroatoms. The van der Waals surface area contributed by atoms with Crippen molar-refractivity contribution in [2.24, 2.45) is 5.92 Å². The number of nitrogens with zero attached hydrogens (tertiary/aromatic N) is 4. The zero-order chi connectivity index (χ0) is 26.9. The number of carbonyl (C=O) groups is 3. The molecule has 2 aliphatic heterocycles. The molecular weight excluding hydrogens is 514 g/mol. The van der Waals surface area contributed by atoms with Gasteiger partial charge in [0.05, 0.1) is 23.5 Å². The molecule has 2 aromatic rings. The molecule has 2 aliphatic rings. The molecule has 2 amide bonds. The smallest absolute Gasteiger partial charge is 0.308 e. The van der Waals surface area contributed by atoms with Gasteiger partial charge in [0.25, 0.3) is 11.5 Å². The van der Waals surface area contributed by atoms with E-state index >= 15 is 0 Å². The minimum absolute atomic E-state index is 0.150. The predicted molar refractivity (Wildman–Crippen MR) is 146 cm³/mol. The number of rotatable bonds is 7. The number of anilines is 1. The molecule has 0 spiro atoms. The number of aromatic nitrogens is 2. The molecule has 0 radical (unpaired) electrons. The first-order valence-corrected chi connectivity index (χ1v) is 13.3. The van der Waals surface area contributed by atoms with E-state index in [0.717, 1.165) is 17.3 Å². The first kappa shape index (κ1) is 26.8. The summed E-state index contributed by atoms with van der Waals surface area (Å²) in [6.07, 6.45) is 2.98. The van der Waals surface area contributed by atoms with Gasteiger partial charge in [-0.2, -0.15) is 0 Å². The highest BCUT2D eigenvalue weighted by Gasteiger charge is 2.37. The van der Waals surface area contributed by atoms with Crippen LogP contribution in [0, 0.1) is 12.8 Å². The molecule has 0 aliphatic carbocycles. The van der Waals surface area contributed by atoms with Gasteiger partial charge in [-0.1, -0.05) is 43.9 Å². The lowest BCUT2D eigenvalue weighted by Crippen LogP contribution is -2.57. The number of fused-ring (bicyclic) bond motifs is 1. The molecule has 37 heavy (non-hydrogen) atoms. The molecule has 1 N–H and O–H groups in total. The number of thiocarbonyl (C=S) groups is 1. The quantitative estimate of drug-likeness (QED) is 0.319. The van der Waals surface area contributed by atoms with Crippen molar-refractivity contribution in [1.29, 1.82) is 0 Å². The Hall–Kier alpha value is -3.25. The molecular formula is C25H29N5O5S2. The second-order valence-corrected chi connectivity index (χ2v) is 11.0. The van der Waals surface area contributed by atoms with Gasteiger partial charge in [-0.3, -0.25) is 28.5 Å². The molecule has 0 unspecified atom stereocenters. The molecule has 1 atom stereocenters. The van der Waals surface area contributed by atoms with Crippen LogP contribution in [0.4, 0.5) is 5.82 Å². The number of pyridine rings is 1. The third-order valence-electron chi connectivity index (χ3n) is 5.95. The highest BCUT2D eigenvalue weighted by molar-refractivity contribution is 8.26. The fraction of sp³-hybridized carbons (Fsp3) is 0.440. The lowest BCUT2D eigenvalue weighted by Gasteiger charge is -2.36. The molecule has 0 bridgehead atoms. The summed E-state index contributed by atoms with van der Waals surface area (Å²) in [5, 5.41) is 2.77. The topological polar surface area (TPSA) is 113 Å². The summed E-state index contributed by atoms with van der Waals surface area (Å²) < 4.78 is 6.93. The Bertz CT molecular complexity index is 1370. The SMILES string of the molecule is CCOC(=O)C[C@H]1C(=O)NCCN1c1nc2ccc(C)cn2c(=O)c1/C=C1\SC(=S)N(CC(C)C)C1=O. The van der Waals surface area contributed by atoms with E-state index in [1.165, 1.54) is 15.4 Å². The second kappa shape index (κ2) is 11.0. The Kier molecular flexibility index (Phi) is 7.98. The number of aryl methyl sites for hydroxylation is 1. The van der Waals surface area contributed by atoms with Crippen molar-refractivity contribution in [3.63, 3.8) is 0 Å². The third kappa shape index (κ3) is 5.54. The molecule has 4 rings (SSSR count). The van der Waals surface area contributed by atoms with E-state index in [-0.39, 0.29) is 42.1 Å². The van der Waals surface area contributed by atoms with Crippen molar-refractivity contribution in [2.45, 2.75) is 40.2 Å². The number of esters is 1. The zero-order valence-electron chi connectivity index (χ0n) is 21.1. The molecule has 2 aromatic heterocycles. The van der Waals surface area contributed by atoms with Gasteiger partial charge in [0.15, 0.2) is 0 Å². The van der Waals surface area contributed by atoms with Crippen molar-refractivity contribution in [1.82, 2.24) is 19.6 Å². The number of hydrogen-bond donors (Lipinski definition) is 1. The van der Waals surface area contributed by atoms with E-state index in [2.05, 4.69) is 5.32 Å². The van der Waals surface area contributed by atoms with Crippen molar-refractivity contribution >= 4 is 63.6 Å². The highest BCUT2D eigenvalue weighted by atomic mass is 32.2. The van der Waals surface area contributed by atoms with E-state index in [1.807, 2.05) is 26.8 Å². The Morgan fingerprint density at radius 2 is 2.08 bits per heavy atom. The summed E-state index contributed by atoms with van der Waals surface area (Å²) in [5.41, 5.74) is 1.00. The van der Waals surface area contributed by atoms with E-state index in [9.17, 15) is 19.2 Å². The average Bonchev–Trinajstić information content (AvgIpc) is 3.09. The summed E-state index contributed by atoms with van der Waals surface area (Å²) in [6, 6.07) is 2.63. The largest absolute Gasteiger partial charge is 0.466 e. The number of thioether (sulfide) groups is 1. The van der Waals surface area contributed by atoms with Crippen LogP contribution < -0.4 is 15.8 Å². The van der Waals surface area contributed by atoms with Crippen LogP contribution in [0.5, 0.6) is 0 Å². The molecule has 0 saturated carbocycles. The summed E-state index contributed by atoms with van der Waals surface area (Å²) in [7, 11) is 0. The van der Waals surface area contributed by atoms with Gasteiger partial charge >= 0.3 is 5.97 Å². The van der Waals surface area contributed by atoms with Gasteiger partial charge in [0.1, 0.15) is 21.8 Å². The maximum Gasteiger partial charge on any atom is 0.308 e. The van der Waals surface area contributed by atoms with Crippen molar-refractivity contribution < 1.29 is 19.1 Å². The van der Waals surface area contributed by atoms with Gasteiger partial charge in [0.2, 0.25) is 5.91 Å². The van der Waals surface area contributed by atoms with Crippen molar-refractivity contribution in [3.8, 4) is 0 Å². The van der Waals surface area contributed by atoms with Gasteiger partial charge in [0, 0.05) is 25.8 Å². The van der Waals surface area contributed by atoms with E-state index in [1.54, 1.807) is 24.1 Å². The number of hydrogen-bond acceptors (Lipinski definition) is 9. The van der Waals surface area contributed by atoms with E-state index in [4.69, 9.17) is 21.9 Å². The lowest BCUT2D eigenvalue weighted by atomic mass is 10.1. The molecule has 0 aromatic carbocycles. The molecule has 196 valence electrons. The standard InChI is InChI=1S/C25H29N5O5S2/c1-5-35-20(31)11-17-22(32)26-8-9-28(17)21-16(23(33)29-13-15(4)6-7-19(29)27-21)10-18-24(34)30(12-14(2)3)25(36)37-18/h6-7,10,13-14,17H,5,8-9,11-12H2,1-4H3,(H,26,32)/b18-10-/t17-/m0/s1. The molecule has 10 nitrogen and oxygen atoms in total. The number of ether oxygens (including phenoxy) is 1. The van der Waals surface area contributed by atoms with Crippen LogP contribution in [0.2, 0.25) is 0 Å². The van der Waals surface area contributed by atoms with E-state index in [0.29, 0.717) is 34.5 Å². The summed E-state index contributed by atoms with van der Waals surface area (Å²) in [5.74, 6) is -0.725. The average molecular weight is 544 g/mol. The summed E-state index contributed by atoms with van der Waals surface area (Å²) in [4.78, 5) is 60.4. The third-order valence-corrected chi connectivity index (χ3v) is 7.33. The van der Waals surface area contributed by atoms with Crippen LogP contribution in [0.3, 0.4) is 0 Å². The van der Waals surface area contributed by atoms with E-state index < -0.39 is 17.6 Å². The number of carbonyl (C=O) groups excluding carboxylic acids is 3. The Morgan fingerprint density at radius 3 is 2.78 bits per heavy atom. The monoisotopic (exact) mass is 543 g/mol. The van der Waals surface area contributed by atoms with Crippen LogP contribution in [0.25, 0.3) is 11.7 Å². The number of amides is 2. The highest BCUT2D eigenvalue weighted by Crippen LogP contribution is 2.34. The van der Waals surface area contributed by atoms with Crippen molar-refractivity contribution in [3.05, 3.63) is 44.7 Å². The first-order chi connectivity index (χ1) is 17.6. The van der Waals surface area contributed by atoms with Crippen LogP contribution in [-0.4, -0.2) is 68.7 Å². The van der Waals surface area contributed by atoms with Gasteiger partial charge in [-0.15, -0.1) is 0 Å². The number of piperazine rings is 1. The predicted octanol–water partition coefficient (Wildman–Crippen LogP) is 2.12. The fourth-order valence-corrected chi connectivity index (χ4v) is 5.55. The molecule has 2 saturated heterocycles. The summed E-state index contributed by atoms with van der Waals surface area (Å²) >= 11 is 6.57. The van der Waals surface area contributed by atoms with Gasteiger partial charge < -0.3 is 15.0 Å². The first-order valence-electron chi connectivity index (χ1n) is 12.1. The lowest BCUT2D eigenvalue weighted by molar-refractivity contribution is -0.145.